The van der Waals surface area contributed by atoms with Crippen molar-refractivity contribution in [1.29, 1.82) is 5.26 Å². The van der Waals surface area contributed by atoms with Crippen molar-refractivity contribution in [1.82, 2.24) is 0 Å². The van der Waals surface area contributed by atoms with Gasteiger partial charge in [0.2, 0.25) is 0 Å². The predicted molar refractivity (Wildman–Crippen MR) is 77.4 cm³/mol. The molecule has 0 bridgehead atoms. The molecule has 0 spiro atoms. The molecule has 2 aromatic rings. The Morgan fingerprint density at radius 2 is 1.81 bits per heavy atom. The van der Waals surface area contributed by atoms with Gasteiger partial charge in [0, 0.05) is 11.1 Å². The van der Waals surface area contributed by atoms with Gasteiger partial charge in [-0.3, -0.25) is 9.59 Å². The van der Waals surface area contributed by atoms with Crippen LogP contribution in [0.25, 0.3) is 0 Å². The maximum absolute atomic E-state index is 12.4. The Bertz CT molecular complexity index is 785. The lowest BCUT2D eigenvalue weighted by atomic mass is 9.93. The van der Waals surface area contributed by atoms with Crippen molar-refractivity contribution in [3.63, 3.8) is 0 Å². The van der Waals surface area contributed by atoms with Crippen LogP contribution in [-0.4, -0.2) is 16.7 Å². The third kappa shape index (κ3) is 2.67. The summed E-state index contributed by atoms with van der Waals surface area (Å²) in [6.45, 7) is 3.06. The largest absolute Gasteiger partial charge is 0.507 e. The molecule has 2 rings (SSSR count). The van der Waals surface area contributed by atoms with Gasteiger partial charge in [-0.2, -0.15) is 5.26 Å². The van der Waals surface area contributed by atoms with E-state index in [9.17, 15) is 14.7 Å². The number of aromatic hydroxyl groups is 1. The molecule has 0 aliphatic rings. The van der Waals surface area contributed by atoms with Gasteiger partial charge >= 0.3 is 0 Å². The zero-order chi connectivity index (χ0) is 15.6. The summed E-state index contributed by atoms with van der Waals surface area (Å²) in [5.41, 5.74) is 1.52. The summed E-state index contributed by atoms with van der Waals surface area (Å²) in [6.07, 6.45) is 0. The van der Waals surface area contributed by atoms with Gasteiger partial charge in [0.25, 0.3) is 0 Å². The van der Waals surface area contributed by atoms with Crippen LogP contribution in [0.2, 0.25) is 0 Å². The van der Waals surface area contributed by atoms with Gasteiger partial charge < -0.3 is 5.11 Å². The number of carbonyl (C=O) groups excluding carboxylic acids is 2. The van der Waals surface area contributed by atoms with Crippen LogP contribution in [0.15, 0.2) is 36.4 Å². The molecule has 2 aromatic carbocycles. The maximum Gasteiger partial charge on any atom is 0.196 e. The molecule has 0 aliphatic carbocycles. The number of nitrogens with zero attached hydrogens (tertiary/aromatic N) is 1. The van der Waals surface area contributed by atoms with E-state index in [0.29, 0.717) is 11.1 Å². The lowest BCUT2D eigenvalue weighted by Crippen LogP contribution is -2.07. The smallest absolute Gasteiger partial charge is 0.196 e. The van der Waals surface area contributed by atoms with Crippen LogP contribution in [-0.2, 0) is 0 Å². The van der Waals surface area contributed by atoms with Crippen LogP contribution in [0.1, 0.15) is 44.3 Å². The van der Waals surface area contributed by atoms with Gasteiger partial charge in [-0.05, 0) is 43.7 Å². The number of hydrogen-bond donors (Lipinski definition) is 1. The molecule has 104 valence electrons. The van der Waals surface area contributed by atoms with Crippen molar-refractivity contribution < 1.29 is 14.7 Å². The number of para-hydroxylation sites is 1. The molecule has 0 atom stereocenters. The van der Waals surface area contributed by atoms with E-state index in [1.54, 1.807) is 19.1 Å². The second-order valence-electron chi connectivity index (χ2n) is 4.71. The average molecular weight is 279 g/mol. The Labute approximate surface area is 122 Å². The molecule has 4 heteroatoms. The first-order valence-electron chi connectivity index (χ1n) is 6.34. The van der Waals surface area contributed by atoms with Gasteiger partial charge in [-0.15, -0.1) is 0 Å². The number of rotatable bonds is 3. The third-order valence-electron chi connectivity index (χ3n) is 3.32. The highest BCUT2D eigenvalue weighted by Gasteiger charge is 2.18. The van der Waals surface area contributed by atoms with Crippen molar-refractivity contribution in [3.8, 4) is 11.8 Å². The summed E-state index contributed by atoms with van der Waals surface area (Å²) in [7, 11) is 0. The molecule has 0 aliphatic heterocycles. The number of phenols is 1. The van der Waals surface area contributed by atoms with Crippen molar-refractivity contribution in [2.45, 2.75) is 13.8 Å². The fraction of sp³-hybridized carbons (Fsp3) is 0.118. The monoisotopic (exact) mass is 279 g/mol. The Morgan fingerprint density at radius 1 is 1.14 bits per heavy atom. The van der Waals surface area contributed by atoms with E-state index in [4.69, 9.17) is 5.26 Å². The zero-order valence-electron chi connectivity index (χ0n) is 11.7. The van der Waals surface area contributed by atoms with Gasteiger partial charge in [-0.1, -0.05) is 12.1 Å². The summed E-state index contributed by atoms with van der Waals surface area (Å²) < 4.78 is 0. The minimum absolute atomic E-state index is 0.133. The highest BCUT2D eigenvalue weighted by atomic mass is 16.3. The highest BCUT2D eigenvalue weighted by Crippen LogP contribution is 2.23. The Balaban J connectivity index is 2.63. The van der Waals surface area contributed by atoms with E-state index >= 15 is 0 Å². The predicted octanol–water partition coefficient (Wildman–Crippen LogP) is 3.01. The third-order valence-corrected chi connectivity index (χ3v) is 3.32. The maximum atomic E-state index is 12.4. The number of benzene rings is 2. The van der Waals surface area contributed by atoms with E-state index in [2.05, 4.69) is 0 Å². The summed E-state index contributed by atoms with van der Waals surface area (Å²) in [5, 5.41) is 18.9. The lowest BCUT2D eigenvalue weighted by molar-refractivity contribution is 0.101. The van der Waals surface area contributed by atoms with Crippen molar-refractivity contribution in [2.24, 2.45) is 0 Å². The topological polar surface area (TPSA) is 78.2 Å². The Hall–Kier alpha value is -2.93. The summed E-state index contributed by atoms with van der Waals surface area (Å²) in [5.74, 6) is -0.769. The minimum Gasteiger partial charge on any atom is -0.507 e. The molecule has 0 amide bonds. The van der Waals surface area contributed by atoms with E-state index in [-0.39, 0.29) is 28.2 Å². The summed E-state index contributed by atoms with van der Waals surface area (Å²) >= 11 is 0. The zero-order valence-corrected chi connectivity index (χ0v) is 11.7. The molecule has 0 fully saturated rings. The number of hydrogen-bond acceptors (Lipinski definition) is 4. The van der Waals surface area contributed by atoms with Crippen LogP contribution < -0.4 is 0 Å². The van der Waals surface area contributed by atoms with Crippen molar-refractivity contribution in [2.75, 3.05) is 0 Å². The lowest BCUT2D eigenvalue weighted by Gasteiger charge is -2.09. The number of phenolic OH excluding ortho intramolecular Hbond substituents is 1. The van der Waals surface area contributed by atoms with Crippen molar-refractivity contribution >= 4 is 11.6 Å². The number of Topliss-reactive ketones (excluding diaryl/α,β-unsaturated/α-hetero) is 1. The molecule has 0 aromatic heterocycles. The highest BCUT2D eigenvalue weighted by molar-refractivity contribution is 6.12. The average Bonchev–Trinajstić information content (AvgIpc) is 2.47. The van der Waals surface area contributed by atoms with Gasteiger partial charge in [0.1, 0.15) is 5.75 Å². The second kappa shape index (κ2) is 5.59. The van der Waals surface area contributed by atoms with E-state index in [0.717, 1.165) is 0 Å². The van der Waals surface area contributed by atoms with Crippen molar-refractivity contribution in [3.05, 3.63) is 64.2 Å². The first-order chi connectivity index (χ1) is 9.95. The van der Waals surface area contributed by atoms with E-state index in [1.165, 1.54) is 31.2 Å². The van der Waals surface area contributed by atoms with Crippen LogP contribution in [0.5, 0.6) is 5.75 Å². The van der Waals surface area contributed by atoms with E-state index in [1.807, 2.05) is 6.07 Å². The van der Waals surface area contributed by atoms with Crippen LogP contribution in [0.4, 0.5) is 0 Å². The second-order valence-corrected chi connectivity index (χ2v) is 4.71. The molecule has 21 heavy (non-hydrogen) atoms. The van der Waals surface area contributed by atoms with Crippen LogP contribution >= 0.6 is 0 Å². The fourth-order valence-electron chi connectivity index (χ4n) is 2.15. The summed E-state index contributed by atoms with van der Waals surface area (Å²) in [4.78, 5) is 24.1. The van der Waals surface area contributed by atoms with Crippen LogP contribution in [0.3, 0.4) is 0 Å². The quantitative estimate of drug-likeness (QED) is 0.876. The molecule has 0 unspecified atom stereocenters. The molecule has 0 radical (unpaired) electrons. The molecular formula is C17H13NO3. The SMILES string of the molecule is CC(=O)c1cc(C(=O)c2ccccc2O)cc(C#N)c1C. The molecular weight excluding hydrogens is 266 g/mol. The standard InChI is InChI=1S/C17H13NO3/c1-10-13(9-18)7-12(8-15(10)11(2)19)17(21)14-5-3-4-6-16(14)20/h3-8,20H,1-2H3. The first kappa shape index (κ1) is 14.5. The van der Waals surface area contributed by atoms with Gasteiger partial charge in [0.15, 0.2) is 11.6 Å². The first-order valence-corrected chi connectivity index (χ1v) is 6.34. The Morgan fingerprint density at radius 3 is 2.38 bits per heavy atom. The van der Waals surface area contributed by atoms with Gasteiger partial charge in [-0.25, -0.2) is 0 Å². The molecule has 1 N–H and O–H groups in total. The van der Waals surface area contributed by atoms with Gasteiger partial charge in [0.05, 0.1) is 17.2 Å². The number of nitriles is 1. The minimum atomic E-state index is -0.424. The normalized spacial score (nSPS) is 9.95. The molecule has 4 nitrogen and oxygen atoms in total. The summed E-state index contributed by atoms with van der Waals surface area (Å²) in [6, 6.07) is 11.1. The number of carbonyl (C=O) groups is 2. The Kier molecular flexibility index (Phi) is 3.86. The molecule has 0 saturated heterocycles. The molecule has 0 saturated carbocycles. The number of ketones is 2. The van der Waals surface area contributed by atoms with Crippen LogP contribution in [0, 0.1) is 18.3 Å². The molecule has 0 heterocycles. The fourth-order valence-corrected chi connectivity index (χ4v) is 2.15. The van der Waals surface area contributed by atoms with E-state index < -0.39 is 5.78 Å².